The lowest BCUT2D eigenvalue weighted by molar-refractivity contribution is 0.0974. The molecule has 4 heterocycles. The molecule has 3 N–H and O–H groups in total. The minimum atomic E-state index is 0.523. The summed E-state index contributed by atoms with van der Waals surface area (Å²) in [5.74, 6) is 1.65. The maximum Gasteiger partial charge on any atom is 0.149 e. The Labute approximate surface area is 102 Å². The summed E-state index contributed by atoms with van der Waals surface area (Å²) < 4.78 is 0. The fourth-order valence-corrected chi connectivity index (χ4v) is 3.02. The number of hydrogen-bond donors (Lipinski definition) is 2. The summed E-state index contributed by atoms with van der Waals surface area (Å²) in [6.45, 7) is 5.68. The van der Waals surface area contributed by atoms with Crippen molar-refractivity contribution >= 4 is 11.5 Å². The number of aryl methyl sites for hydroxylation is 1. The zero-order chi connectivity index (χ0) is 11.8. The Kier molecular flexibility index (Phi) is 2.67. The van der Waals surface area contributed by atoms with Gasteiger partial charge >= 0.3 is 0 Å². The van der Waals surface area contributed by atoms with Gasteiger partial charge in [-0.3, -0.25) is 0 Å². The normalized spacial score (nSPS) is 31.5. The number of aromatic nitrogens is 1. The highest BCUT2D eigenvalue weighted by Crippen LogP contribution is 2.30. The van der Waals surface area contributed by atoms with Gasteiger partial charge in [-0.05, 0) is 50.4 Å². The standard InChI is InChI=1S/C13H20N4/c1-9-6-11(14)13(15-7-9)16-12-8-17-4-2-10(12)3-5-17/h6-7,10,12H,2-5,8,14H2,1H3,(H,15,16). The molecule has 0 saturated carbocycles. The van der Waals surface area contributed by atoms with Crippen molar-refractivity contribution in [2.24, 2.45) is 5.92 Å². The molecule has 1 atom stereocenters. The highest BCUT2D eigenvalue weighted by molar-refractivity contribution is 5.62. The second-order valence-electron chi connectivity index (χ2n) is 5.34. The molecule has 17 heavy (non-hydrogen) atoms. The van der Waals surface area contributed by atoms with Gasteiger partial charge in [-0.1, -0.05) is 0 Å². The average Bonchev–Trinajstić information content (AvgIpc) is 2.34. The van der Waals surface area contributed by atoms with E-state index in [1.165, 1.54) is 25.9 Å². The summed E-state index contributed by atoms with van der Waals surface area (Å²) in [4.78, 5) is 6.93. The summed E-state index contributed by atoms with van der Waals surface area (Å²) in [5.41, 5.74) is 7.88. The van der Waals surface area contributed by atoms with Crippen molar-refractivity contribution < 1.29 is 0 Å². The van der Waals surface area contributed by atoms with Gasteiger partial charge < -0.3 is 16.0 Å². The van der Waals surface area contributed by atoms with E-state index >= 15 is 0 Å². The molecular formula is C13H20N4. The van der Waals surface area contributed by atoms with E-state index in [1.807, 2.05) is 19.2 Å². The van der Waals surface area contributed by atoms with Crippen LogP contribution in [0.3, 0.4) is 0 Å². The predicted octanol–water partition coefficient (Wildman–Crippen LogP) is 1.48. The van der Waals surface area contributed by atoms with Crippen LogP contribution in [0.2, 0.25) is 0 Å². The lowest BCUT2D eigenvalue weighted by atomic mass is 9.84. The van der Waals surface area contributed by atoms with Crippen LogP contribution in [-0.2, 0) is 0 Å². The van der Waals surface area contributed by atoms with Crippen molar-refractivity contribution in [3.8, 4) is 0 Å². The largest absolute Gasteiger partial charge is 0.396 e. The van der Waals surface area contributed by atoms with E-state index in [2.05, 4.69) is 15.2 Å². The zero-order valence-corrected chi connectivity index (χ0v) is 10.3. The van der Waals surface area contributed by atoms with Crippen LogP contribution in [0.25, 0.3) is 0 Å². The Bertz CT molecular complexity index is 410. The molecule has 0 aromatic carbocycles. The maximum absolute atomic E-state index is 6.00. The first kappa shape index (κ1) is 10.8. The number of nitrogens with two attached hydrogens (primary N) is 1. The molecule has 0 amide bonds. The Hall–Kier alpha value is -1.29. The van der Waals surface area contributed by atoms with Crippen molar-refractivity contribution in [2.45, 2.75) is 25.8 Å². The molecule has 1 unspecified atom stereocenters. The van der Waals surface area contributed by atoms with Crippen molar-refractivity contribution in [1.82, 2.24) is 9.88 Å². The minimum absolute atomic E-state index is 0.523. The second kappa shape index (κ2) is 4.18. The number of fused-ring (bicyclic) bond motifs is 3. The monoisotopic (exact) mass is 232 g/mol. The van der Waals surface area contributed by atoms with Crippen LogP contribution in [0.15, 0.2) is 12.3 Å². The van der Waals surface area contributed by atoms with Crippen LogP contribution in [-0.4, -0.2) is 35.6 Å². The Balaban J connectivity index is 1.74. The summed E-state index contributed by atoms with van der Waals surface area (Å²) in [6, 6.07) is 2.51. The number of nitrogens with zero attached hydrogens (tertiary/aromatic N) is 2. The highest BCUT2D eigenvalue weighted by atomic mass is 15.2. The molecule has 4 rings (SSSR count). The van der Waals surface area contributed by atoms with Crippen LogP contribution in [0, 0.1) is 12.8 Å². The molecule has 3 fully saturated rings. The molecule has 0 radical (unpaired) electrons. The third kappa shape index (κ3) is 2.09. The van der Waals surface area contributed by atoms with Crippen LogP contribution < -0.4 is 11.1 Å². The SMILES string of the molecule is Cc1cnc(NC2CN3CCC2CC3)c(N)c1. The van der Waals surface area contributed by atoms with E-state index in [0.717, 1.165) is 29.5 Å². The van der Waals surface area contributed by atoms with Gasteiger partial charge in [-0.25, -0.2) is 4.98 Å². The Morgan fingerprint density at radius 2 is 2.18 bits per heavy atom. The number of nitrogen functional groups attached to an aromatic ring is 1. The first-order chi connectivity index (χ1) is 8.22. The van der Waals surface area contributed by atoms with Gasteiger partial charge in [-0.15, -0.1) is 0 Å². The number of nitrogens with one attached hydrogen (secondary N) is 1. The topological polar surface area (TPSA) is 54.2 Å². The number of piperidine rings is 3. The van der Waals surface area contributed by atoms with E-state index in [9.17, 15) is 0 Å². The maximum atomic E-state index is 6.00. The van der Waals surface area contributed by atoms with Gasteiger partial charge in [0.05, 0.1) is 5.69 Å². The van der Waals surface area contributed by atoms with E-state index in [0.29, 0.717) is 6.04 Å². The molecule has 92 valence electrons. The Morgan fingerprint density at radius 1 is 1.41 bits per heavy atom. The van der Waals surface area contributed by atoms with Gasteiger partial charge in [0.1, 0.15) is 5.82 Å². The van der Waals surface area contributed by atoms with E-state index in [4.69, 9.17) is 5.73 Å². The molecule has 3 aliphatic heterocycles. The molecule has 3 aliphatic rings. The molecular weight excluding hydrogens is 212 g/mol. The molecule has 4 heteroatoms. The lowest BCUT2D eigenvalue weighted by Crippen LogP contribution is -2.53. The minimum Gasteiger partial charge on any atom is -0.396 e. The highest BCUT2D eigenvalue weighted by Gasteiger charge is 2.34. The molecule has 0 aliphatic carbocycles. The lowest BCUT2D eigenvalue weighted by Gasteiger charge is -2.45. The van der Waals surface area contributed by atoms with Gasteiger partial charge in [0.25, 0.3) is 0 Å². The quantitative estimate of drug-likeness (QED) is 0.811. The third-order valence-corrected chi connectivity index (χ3v) is 4.03. The molecule has 4 nitrogen and oxygen atoms in total. The van der Waals surface area contributed by atoms with Crippen LogP contribution in [0.1, 0.15) is 18.4 Å². The number of anilines is 2. The fourth-order valence-electron chi connectivity index (χ4n) is 3.02. The first-order valence-electron chi connectivity index (χ1n) is 6.43. The smallest absolute Gasteiger partial charge is 0.149 e. The van der Waals surface area contributed by atoms with E-state index in [-0.39, 0.29) is 0 Å². The van der Waals surface area contributed by atoms with E-state index < -0.39 is 0 Å². The first-order valence-corrected chi connectivity index (χ1v) is 6.43. The molecule has 1 aromatic rings. The number of pyridine rings is 1. The summed E-state index contributed by atoms with van der Waals surface area (Å²) >= 11 is 0. The van der Waals surface area contributed by atoms with Gasteiger partial charge in [0.2, 0.25) is 0 Å². The van der Waals surface area contributed by atoms with Crippen LogP contribution >= 0.6 is 0 Å². The molecule has 2 bridgehead atoms. The van der Waals surface area contributed by atoms with Crippen LogP contribution in [0.4, 0.5) is 11.5 Å². The fraction of sp³-hybridized carbons (Fsp3) is 0.615. The van der Waals surface area contributed by atoms with Crippen LogP contribution in [0.5, 0.6) is 0 Å². The van der Waals surface area contributed by atoms with Crippen molar-refractivity contribution in [3.05, 3.63) is 17.8 Å². The zero-order valence-electron chi connectivity index (χ0n) is 10.3. The van der Waals surface area contributed by atoms with Crippen molar-refractivity contribution in [2.75, 3.05) is 30.7 Å². The van der Waals surface area contributed by atoms with Crippen molar-refractivity contribution in [3.63, 3.8) is 0 Å². The van der Waals surface area contributed by atoms with Gasteiger partial charge in [0, 0.05) is 18.8 Å². The molecule has 3 saturated heterocycles. The molecule has 1 aromatic heterocycles. The summed E-state index contributed by atoms with van der Waals surface area (Å²) in [5, 5.41) is 3.53. The van der Waals surface area contributed by atoms with Gasteiger partial charge in [0.15, 0.2) is 0 Å². The summed E-state index contributed by atoms with van der Waals surface area (Å²) in [6.07, 6.45) is 4.49. The number of rotatable bonds is 2. The van der Waals surface area contributed by atoms with Gasteiger partial charge in [-0.2, -0.15) is 0 Å². The second-order valence-corrected chi connectivity index (χ2v) is 5.34. The average molecular weight is 232 g/mol. The Morgan fingerprint density at radius 3 is 2.76 bits per heavy atom. The molecule has 0 spiro atoms. The van der Waals surface area contributed by atoms with Crippen molar-refractivity contribution in [1.29, 1.82) is 0 Å². The van der Waals surface area contributed by atoms with E-state index in [1.54, 1.807) is 0 Å². The summed E-state index contributed by atoms with van der Waals surface area (Å²) in [7, 11) is 0. The predicted molar refractivity (Wildman–Crippen MR) is 70.0 cm³/mol. The third-order valence-electron chi connectivity index (χ3n) is 4.03. The number of hydrogen-bond acceptors (Lipinski definition) is 4.